The van der Waals surface area contributed by atoms with Gasteiger partial charge in [-0.2, -0.15) is 0 Å². The van der Waals surface area contributed by atoms with E-state index in [0.29, 0.717) is 49.2 Å². The Bertz CT molecular complexity index is 862. The van der Waals surface area contributed by atoms with Crippen LogP contribution in [0.5, 0.6) is 23.0 Å². The molecule has 0 saturated heterocycles. The largest absolute Gasteiger partial charge is 0.490 e. The number of ether oxygens (including phenoxy) is 4. The number of benzene rings is 2. The van der Waals surface area contributed by atoms with Crippen molar-refractivity contribution in [3.8, 4) is 23.0 Å². The van der Waals surface area contributed by atoms with Crippen LogP contribution >= 0.6 is 0 Å². The number of hydrazine groups is 1. The van der Waals surface area contributed by atoms with Crippen molar-refractivity contribution in [2.75, 3.05) is 19.8 Å². The zero-order valence-corrected chi connectivity index (χ0v) is 17.3. The second-order valence-electron chi connectivity index (χ2n) is 6.46. The van der Waals surface area contributed by atoms with Crippen LogP contribution in [0.2, 0.25) is 0 Å². The van der Waals surface area contributed by atoms with Crippen LogP contribution < -0.4 is 29.8 Å². The van der Waals surface area contributed by atoms with Crippen molar-refractivity contribution in [3.05, 3.63) is 47.5 Å². The minimum Gasteiger partial charge on any atom is -0.490 e. The van der Waals surface area contributed by atoms with Crippen LogP contribution in [0.1, 0.15) is 36.7 Å². The molecule has 0 radical (unpaired) electrons. The van der Waals surface area contributed by atoms with E-state index in [9.17, 15) is 9.59 Å². The molecule has 0 saturated carbocycles. The van der Waals surface area contributed by atoms with Gasteiger partial charge in [-0.15, -0.1) is 0 Å². The highest BCUT2D eigenvalue weighted by molar-refractivity contribution is 5.97. The Kier molecular flexibility index (Phi) is 7.00. The summed E-state index contributed by atoms with van der Waals surface area (Å²) in [6.45, 7) is 6.74. The van der Waals surface area contributed by atoms with E-state index < -0.39 is 17.9 Å². The van der Waals surface area contributed by atoms with Crippen molar-refractivity contribution < 1.29 is 28.5 Å². The molecule has 30 heavy (non-hydrogen) atoms. The first-order valence-electron chi connectivity index (χ1n) is 9.98. The molecular weight excluding hydrogens is 388 g/mol. The lowest BCUT2D eigenvalue weighted by Crippen LogP contribution is -2.47. The Morgan fingerprint density at radius 1 is 0.967 bits per heavy atom. The molecule has 2 amide bonds. The van der Waals surface area contributed by atoms with Crippen LogP contribution in [0.25, 0.3) is 0 Å². The summed E-state index contributed by atoms with van der Waals surface area (Å²) in [5.74, 6) is 0.981. The quantitative estimate of drug-likeness (QED) is 0.645. The SMILES string of the molecule is CCOc1cc(C(=O)NNC(=O)[C@@H]2Cc3ccccc3O2)cc(OCC)c1OCC. The van der Waals surface area contributed by atoms with Crippen molar-refractivity contribution in [1.82, 2.24) is 10.9 Å². The number of nitrogens with one attached hydrogen (secondary N) is 2. The highest BCUT2D eigenvalue weighted by Crippen LogP contribution is 2.39. The number of amides is 2. The summed E-state index contributed by atoms with van der Waals surface area (Å²) in [5.41, 5.74) is 6.07. The van der Waals surface area contributed by atoms with Gasteiger partial charge in [-0.3, -0.25) is 20.4 Å². The minimum absolute atomic E-state index is 0.265. The fourth-order valence-electron chi connectivity index (χ4n) is 3.12. The van der Waals surface area contributed by atoms with Crippen LogP contribution in [0.3, 0.4) is 0 Å². The summed E-state index contributed by atoms with van der Waals surface area (Å²) in [5, 5.41) is 0. The van der Waals surface area contributed by atoms with E-state index in [1.807, 2.05) is 45.0 Å². The molecule has 8 nitrogen and oxygen atoms in total. The van der Waals surface area contributed by atoms with Gasteiger partial charge in [0.2, 0.25) is 5.75 Å². The van der Waals surface area contributed by atoms with Gasteiger partial charge in [0, 0.05) is 12.0 Å². The van der Waals surface area contributed by atoms with E-state index in [1.165, 1.54) is 0 Å². The van der Waals surface area contributed by atoms with Crippen molar-refractivity contribution in [2.45, 2.75) is 33.3 Å². The summed E-state index contributed by atoms with van der Waals surface area (Å²) in [4.78, 5) is 25.1. The predicted octanol–water partition coefficient (Wildman–Crippen LogP) is 2.65. The number of carbonyl (C=O) groups is 2. The third-order valence-corrected chi connectivity index (χ3v) is 4.41. The zero-order chi connectivity index (χ0) is 21.5. The number of fused-ring (bicyclic) bond motifs is 1. The van der Waals surface area contributed by atoms with Gasteiger partial charge in [0.25, 0.3) is 11.8 Å². The Labute approximate surface area is 175 Å². The highest BCUT2D eigenvalue weighted by Gasteiger charge is 2.29. The highest BCUT2D eigenvalue weighted by atomic mass is 16.5. The van der Waals surface area contributed by atoms with Gasteiger partial charge in [-0.1, -0.05) is 18.2 Å². The van der Waals surface area contributed by atoms with E-state index in [-0.39, 0.29) is 5.56 Å². The summed E-state index contributed by atoms with van der Waals surface area (Å²) in [7, 11) is 0. The molecule has 2 aromatic rings. The molecular formula is C22H26N2O6. The summed E-state index contributed by atoms with van der Waals surface area (Å²) < 4.78 is 22.5. The third kappa shape index (κ3) is 4.76. The van der Waals surface area contributed by atoms with Gasteiger partial charge in [0.15, 0.2) is 17.6 Å². The van der Waals surface area contributed by atoms with Gasteiger partial charge >= 0.3 is 0 Å². The molecule has 0 aromatic heterocycles. The number of carbonyl (C=O) groups excluding carboxylic acids is 2. The van der Waals surface area contributed by atoms with Crippen LogP contribution in [-0.4, -0.2) is 37.7 Å². The van der Waals surface area contributed by atoms with E-state index in [1.54, 1.807) is 12.1 Å². The van der Waals surface area contributed by atoms with E-state index >= 15 is 0 Å². The lowest BCUT2D eigenvalue weighted by molar-refractivity contribution is -0.128. The van der Waals surface area contributed by atoms with Crippen molar-refractivity contribution in [3.63, 3.8) is 0 Å². The number of rotatable bonds is 8. The first-order chi connectivity index (χ1) is 14.6. The van der Waals surface area contributed by atoms with Crippen molar-refractivity contribution in [1.29, 1.82) is 0 Å². The molecule has 0 fully saturated rings. The molecule has 1 aliphatic heterocycles. The van der Waals surface area contributed by atoms with Gasteiger partial charge in [-0.25, -0.2) is 0 Å². The van der Waals surface area contributed by atoms with Gasteiger partial charge in [0.1, 0.15) is 5.75 Å². The molecule has 1 atom stereocenters. The van der Waals surface area contributed by atoms with Crippen molar-refractivity contribution in [2.24, 2.45) is 0 Å². The summed E-state index contributed by atoms with van der Waals surface area (Å²) in [6.07, 6.45) is -0.245. The van der Waals surface area contributed by atoms with E-state index in [2.05, 4.69) is 10.9 Å². The third-order valence-electron chi connectivity index (χ3n) is 4.41. The predicted molar refractivity (Wildman–Crippen MR) is 110 cm³/mol. The van der Waals surface area contributed by atoms with Crippen LogP contribution in [0.4, 0.5) is 0 Å². The molecule has 0 aliphatic carbocycles. The van der Waals surface area contributed by atoms with Crippen molar-refractivity contribution >= 4 is 11.8 Å². The van der Waals surface area contributed by atoms with Crippen LogP contribution in [0.15, 0.2) is 36.4 Å². The fraction of sp³-hybridized carbons (Fsp3) is 0.364. The van der Waals surface area contributed by atoms with Crippen LogP contribution in [-0.2, 0) is 11.2 Å². The fourth-order valence-corrected chi connectivity index (χ4v) is 3.12. The number of hydrogen-bond acceptors (Lipinski definition) is 6. The monoisotopic (exact) mass is 414 g/mol. The topological polar surface area (TPSA) is 95.1 Å². The maximum absolute atomic E-state index is 12.6. The van der Waals surface area contributed by atoms with E-state index in [0.717, 1.165) is 5.56 Å². The maximum Gasteiger partial charge on any atom is 0.279 e. The smallest absolute Gasteiger partial charge is 0.279 e. The Hall–Kier alpha value is -3.42. The first kappa shape index (κ1) is 21.3. The number of hydrogen-bond donors (Lipinski definition) is 2. The van der Waals surface area contributed by atoms with Gasteiger partial charge in [-0.05, 0) is 44.5 Å². The molecule has 8 heteroatoms. The van der Waals surface area contributed by atoms with E-state index in [4.69, 9.17) is 18.9 Å². The Morgan fingerprint density at radius 2 is 1.60 bits per heavy atom. The van der Waals surface area contributed by atoms with Crippen LogP contribution in [0, 0.1) is 0 Å². The molecule has 0 unspecified atom stereocenters. The molecule has 0 spiro atoms. The minimum atomic E-state index is -0.694. The molecule has 2 N–H and O–H groups in total. The Morgan fingerprint density at radius 3 is 2.20 bits per heavy atom. The number of para-hydroxylation sites is 1. The lowest BCUT2D eigenvalue weighted by Gasteiger charge is -2.17. The molecule has 3 rings (SSSR count). The maximum atomic E-state index is 12.6. The first-order valence-corrected chi connectivity index (χ1v) is 9.98. The van der Waals surface area contributed by atoms with Gasteiger partial charge < -0.3 is 18.9 Å². The Balaban J connectivity index is 1.69. The normalized spacial score (nSPS) is 14.3. The molecule has 0 bridgehead atoms. The average Bonchev–Trinajstić information content (AvgIpc) is 3.18. The standard InChI is InChI=1S/C22H26N2O6/c1-4-27-17-12-15(13-18(28-5-2)20(17)29-6-3)21(25)23-24-22(26)19-11-14-9-7-8-10-16(14)30-19/h7-10,12-13,19H,4-6,11H2,1-3H3,(H,23,25)(H,24,26)/t19-/m0/s1. The van der Waals surface area contributed by atoms with Gasteiger partial charge in [0.05, 0.1) is 19.8 Å². The average molecular weight is 414 g/mol. The summed E-state index contributed by atoms with van der Waals surface area (Å²) >= 11 is 0. The zero-order valence-electron chi connectivity index (χ0n) is 17.3. The second-order valence-corrected chi connectivity index (χ2v) is 6.46. The summed E-state index contributed by atoms with van der Waals surface area (Å²) in [6, 6.07) is 10.6. The molecule has 1 heterocycles. The molecule has 1 aliphatic rings. The molecule has 2 aromatic carbocycles. The second kappa shape index (κ2) is 9.87. The lowest BCUT2D eigenvalue weighted by atomic mass is 10.1. The molecule has 160 valence electrons.